The number of nitrogens with zero attached hydrogens (tertiary/aromatic N) is 2. The number of aromatic nitrogens is 1. The van der Waals surface area contributed by atoms with Gasteiger partial charge in [-0.25, -0.2) is 4.98 Å². The minimum Gasteiger partial charge on any atom is -0.496 e. The Morgan fingerprint density at radius 3 is 2.64 bits per heavy atom. The van der Waals surface area contributed by atoms with E-state index in [1.54, 1.807) is 13.3 Å². The van der Waals surface area contributed by atoms with Crippen LogP contribution in [0, 0.1) is 0 Å². The quantitative estimate of drug-likeness (QED) is 0.759. The third kappa shape index (κ3) is 4.09. The molecule has 0 spiro atoms. The van der Waals surface area contributed by atoms with Crippen molar-refractivity contribution in [3.8, 4) is 5.75 Å². The normalized spacial score (nSPS) is 10.5. The van der Waals surface area contributed by atoms with E-state index in [1.165, 1.54) is 11.1 Å². The van der Waals surface area contributed by atoms with Gasteiger partial charge in [-0.3, -0.25) is 4.90 Å². The fraction of sp³-hybridized carbons (Fsp3) is 0.278. The minimum atomic E-state index is 0.800. The molecule has 0 aliphatic heterocycles. The summed E-state index contributed by atoms with van der Waals surface area (Å²) < 4.78 is 5.44. The molecular weight excluding hydrogens is 274 g/mol. The first-order valence-electron chi connectivity index (χ1n) is 7.35. The molecule has 1 N–H and O–H groups in total. The van der Waals surface area contributed by atoms with Gasteiger partial charge in [-0.05, 0) is 12.1 Å². The Labute approximate surface area is 132 Å². The zero-order valence-electron chi connectivity index (χ0n) is 13.2. The fourth-order valence-corrected chi connectivity index (χ4v) is 2.47. The first-order valence-corrected chi connectivity index (χ1v) is 7.35. The number of hydrogen-bond donors (Lipinski definition) is 1. The van der Waals surface area contributed by atoms with Crippen molar-refractivity contribution in [3.05, 3.63) is 66.4 Å². The predicted octanol–water partition coefficient (Wildman–Crippen LogP) is 3.32. The summed E-state index contributed by atoms with van der Waals surface area (Å²) in [7, 11) is 3.60. The van der Waals surface area contributed by atoms with Crippen molar-refractivity contribution in [3.63, 3.8) is 0 Å². The third-order valence-corrected chi connectivity index (χ3v) is 3.50. The van der Waals surface area contributed by atoms with Crippen LogP contribution in [0.1, 0.15) is 11.1 Å². The summed E-state index contributed by atoms with van der Waals surface area (Å²) in [5, 5.41) is 3.14. The molecule has 4 nitrogen and oxygen atoms in total. The lowest BCUT2D eigenvalue weighted by molar-refractivity contribution is 0.280. The molecule has 2 rings (SSSR count). The van der Waals surface area contributed by atoms with E-state index in [4.69, 9.17) is 4.74 Å². The molecule has 116 valence electrons. The van der Waals surface area contributed by atoms with Crippen LogP contribution < -0.4 is 10.1 Å². The highest BCUT2D eigenvalue weighted by molar-refractivity contribution is 5.43. The molecule has 0 aliphatic carbocycles. The van der Waals surface area contributed by atoms with E-state index in [0.717, 1.165) is 31.2 Å². The molecule has 1 aromatic heterocycles. The van der Waals surface area contributed by atoms with E-state index in [1.807, 2.05) is 37.4 Å². The maximum atomic E-state index is 5.44. The number of methoxy groups -OCH3 is 1. The van der Waals surface area contributed by atoms with Crippen molar-refractivity contribution in [2.24, 2.45) is 0 Å². The average Bonchev–Trinajstić information content (AvgIpc) is 2.56. The second-order valence-corrected chi connectivity index (χ2v) is 5.03. The molecule has 1 heterocycles. The maximum absolute atomic E-state index is 5.44. The van der Waals surface area contributed by atoms with Gasteiger partial charge in [0.2, 0.25) is 0 Å². The Balaban J connectivity index is 2.18. The van der Waals surface area contributed by atoms with Gasteiger partial charge in [0.15, 0.2) is 0 Å². The molecule has 4 heteroatoms. The molecule has 0 fully saturated rings. The average molecular weight is 297 g/mol. The van der Waals surface area contributed by atoms with Crippen molar-refractivity contribution in [2.45, 2.75) is 13.1 Å². The second kappa shape index (κ2) is 8.20. The van der Waals surface area contributed by atoms with Crippen molar-refractivity contribution < 1.29 is 4.74 Å². The van der Waals surface area contributed by atoms with Crippen molar-refractivity contribution >= 4 is 5.82 Å². The van der Waals surface area contributed by atoms with Crippen LogP contribution in [0.25, 0.3) is 0 Å². The standard InChI is InChI=1S/C18H23N3O/c1-4-12-21(13-15-8-5-6-10-17(15)22-3)14-16-9-7-11-20-18(16)19-2/h4-11H,1,12-14H2,2-3H3,(H,19,20). The first-order chi connectivity index (χ1) is 10.8. The van der Waals surface area contributed by atoms with Gasteiger partial charge in [0, 0.05) is 44.0 Å². The number of anilines is 1. The van der Waals surface area contributed by atoms with Gasteiger partial charge < -0.3 is 10.1 Å². The summed E-state index contributed by atoms with van der Waals surface area (Å²) in [6.07, 6.45) is 3.72. The van der Waals surface area contributed by atoms with Crippen LogP contribution in [-0.2, 0) is 13.1 Å². The highest BCUT2D eigenvalue weighted by Gasteiger charge is 2.11. The van der Waals surface area contributed by atoms with Gasteiger partial charge in [0.05, 0.1) is 7.11 Å². The van der Waals surface area contributed by atoms with Gasteiger partial charge in [0.25, 0.3) is 0 Å². The molecule has 0 saturated carbocycles. The van der Waals surface area contributed by atoms with Crippen LogP contribution in [0.3, 0.4) is 0 Å². The van der Waals surface area contributed by atoms with Crippen LogP contribution >= 0.6 is 0 Å². The predicted molar refractivity (Wildman–Crippen MR) is 91.1 cm³/mol. The summed E-state index contributed by atoms with van der Waals surface area (Å²) in [4.78, 5) is 6.67. The SMILES string of the molecule is C=CCN(Cc1ccccc1OC)Cc1cccnc1NC. The summed E-state index contributed by atoms with van der Waals surface area (Å²) in [5.74, 6) is 1.83. The molecule has 1 aromatic carbocycles. The molecule has 0 unspecified atom stereocenters. The smallest absolute Gasteiger partial charge is 0.130 e. The molecule has 22 heavy (non-hydrogen) atoms. The largest absolute Gasteiger partial charge is 0.496 e. The number of nitrogens with one attached hydrogen (secondary N) is 1. The topological polar surface area (TPSA) is 37.4 Å². The molecule has 2 aromatic rings. The van der Waals surface area contributed by atoms with Crippen molar-refractivity contribution in [2.75, 3.05) is 26.0 Å². The zero-order chi connectivity index (χ0) is 15.8. The summed E-state index contributed by atoms with van der Waals surface area (Å²) in [6.45, 7) is 6.27. The monoisotopic (exact) mass is 297 g/mol. The van der Waals surface area contributed by atoms with E-state index in [0.29, 0.717) is 0 Å². The number of rotatable bonds is 8. The Kier molecular flexibility index (Phi) is 5.98. The minimum absolute atomic E-state index is 0.800. The lowest BCUT2D eigenvalue weighted by Gasteiger charge is -2.23. The van der Waals surface area contributed by atoms with Crippen LogP contribution in [0.5, 0.6) is 5.75 Å². The molecular formula is C18H23N3O. The van der Waals surface area contributed by atoms with E-state index >= 15 is 0 Å². The number of benzene rings is 1. The lowest BCUT2D eigenvalue weighted by atomic mass is 10.1. The van der Waals surface area contributed by atoms with Crippen molar-refractivity contribution in [1.82, 2.24) is 9.88 Å². The highest BCUT2D eigenvalue weighted by atomic mass is 16.5. The van der Waals surface area contributed by atoms with Gasteiger partial charge in [-0.15, -0.1) is 6.58 Å². The van der Waals surface area contributed by atoms with E-state index < -0.39 is 0 Å². The van der Waals surface area contributed by atoms with E-state index in [-0.39, 0.29) is 0 Å². The van der Waals surface area contributed by atoms with Crippen LogP contribution in [0.2, 0.25) is 0 Å². The van der Waals surface area contributed by atoms with Crippen LogP contribution in [0.4, 0.5) is 5.82 Å². The van der Waals surface area contributed by atoms with Gasteiger partial charge in [-0.1, -0.05) is 30.3 Å². The fourth-order valence-electron chi connectivity index (χ4n) is 2.47. The lowest BCUT2D eigenvalue weighted by Crippen LogP contribution is -2.23. The first kappa shape index (κ1) is 16.0. The number of para-hydroxylation sites is 1. The molecule has 0 atom stereocenters. The zero-order valence-corrected chi connectivity index (χ0v) is 13.2. The van der Waals surface area contributed by atoms with Gasteiger partial charge >= 0.3 is 0 Å². The van der Waals surface area contributed by atoms with Gasteiger partial charge in [0.1, 0.15) is 11.6 Å². The molecule has 0 saturated heterocycles. The summed E-state index contributed by atoms with van der Waals surface area (Å²) in [6, 6.07) is 12.2. The van der Waals surface area contributed by atoms with Crippen molar-refractivity contribution in [1.29, 1.82) is 0 Å². The number of ether oxygens (including phenoxy) is 1. The Bertz CT molecular complexity index is 563. The Morgan fingerprint density at radius 2 is 1.91 bits per heavy atom. The second-order valence-electron chi connectivity index (χ2n) is 5.03. The maximum Gasteiger partial charge on any atom is 0.130 e. The number of pyridine rings is 1. The highest BCUT2D eigenvalue weighted by Crippen LogP contribution is 2.21. The molecule has 0 amide bonds. The van der Waals surface area contributed by atoms with E-state index in [2.05, 4.69) is 33.9 Å². The number of hydrogen-bond acceptors (Lipinski definition) is 4. The van der Waals surface area contributed by atoms with Crippen LogP contribution in [-0.4, -0.2) is 30.6 Å². The Morgan fingerprint density at radius 1 is 1.18 bits per heavy atom. The summed E-state index contributed by atoms with van der Waals surface area (Å²) in [5.41, 5.74) is 2.34. The molecule has 0 radical (unpaired) electrons. The van der Waals surface area contributed by atoms with Crippen LogP contribution in [0.15, 0.2) is 55.3 Å². The molecule has 0 bridgehead atoms. The van der Waals surface area contributed by atoms with E-state index in [9.17, 15) is 0 Å². The third-order valence-electron chi connectivity index (χ3n) is 3.50. The van der Waals surface area contributed by atoms with Gasteiger partial charge in [-0.2, -0.15) is 0 Å². The Hall–Kier alpha value is -2.33. The summed E-state index contributed by atoms with van der Waals surface area (Å²) >= 11 is 0. The molecule has 0 aliphatic rings.